The normalized spacial score (nSPS) is 46.8. The number of esters is 1. The lowest BCUT2D eigenvalue weighted by atomic mass is 9.48. The van der Waals surface area contributed by atoms with Crippen molar-refractivity contribution in [2.75, 3.05) is 7.11 Å². The van der Waals surface area contributed by atoms with Crippen molar-refractivity contribution in [3.8, 4) is 0 Å². The van der Waals surface area contributed by atoms with E-state index in [1.807, 2.05) is 0 Å². The summed E-state index contributed by atoms with van der Waals surface area (Å²) in [6.07, 6.45) is 11.3. The van der Waals surface area contributed by atoms with Crippen LogP contribution in [0.5, 0.6) is 0 Å². The molecule has 4 bridgehead atoms. The summed E-state index contributed by atoms with van der Waals surface area (Å²) >= 11 is 4.03. The van der Waals surface area contributed by atoms with Gasteiger partial charge in [-0.3, -0.25) is 4.79 Å². The van der Waals surface area contributed by atoms with Crippen LogP contribution in [0.15, 0.2) is 0 Å². The number of alkyl halides is 1. The maximum Gasteiger partial charge on any atom is 0.331 e. The fourth-order valence-electron chi connectivity index (χ4n) is 7.02. The molecule has 0 radical (unpaired) electrons. The molecule has 5 rings (SSSR count). The van der Waals surface area contributed by atoms with Gasteiger partial charge in [-0.2, -0.15) is 0 Å². The molecule has 2 unspecified atom stereocenters. The lowest BCUT2D eigenvalue weighted by Crippen LogP contribution is -2.59. The highest BCUT2D eigenvalue weighted by Gasteiger charge is 2.57. The zero-order chi connectivity index (χ0) is 18.6. The minimum atomic E-state index is -0.799. The number of rotatable bonds is 4. The predicted octanol–water partition coefficient (Wildman–Crippen LogP) is 4.35. The van der Waals surface area contributed by atoms with Crippen LogP contribution in [-0.2, 0) is 14.3 Å². The molecule has 5 aliphatic rings. The molecule has 0 aromatic rings. The SMILES string of the molecule is COC(=O)C1(NC(=O)CC23CC4CC(CC(Br)(C4)C2)C3)CCC(C)CC1. The van der Waals surface area contributed by atoms with Crippen LogP contribution in [0.4, 0.5) is 0 Å². The first-order chi connectivity index (χ1) is 12.3. The summed E-state index contributed by atoms with van der Waals surface area (Å²) in [6, 6.07) is 0. The Morgan fingerprint density at radius 1 is 1.12 bits per heavy atom. The molecule has 0 aliphatic heterocycles. The number of methoxy groups -OCH3 is 1. The highest BCUT2D eigenvalue weighted by molar-refractivity contribution is 9.10. The van der Waals surface area contributed by atoms with E-state index in [-0.39, 0.29) is 21.6 Å². The molecular formula is C21H32BrNO3. The van der Waals surface area contributed by atoms with Crippen molar-refractivity contribution in [2.45, 2.75) is 87.4 Å². The number of halogens is 1. The molecule has 5 saturated carbocycles. The second kappa shape index (κ2) is 6.49. The lowest BCUT2D eigenvalue weighted by Gasteiger charge is -2.60. The number of amides is 1. The van der Waals surface area contributed by atoms with Gasteiger partial charge < -0.3 is 10.1 Å². The fraction of sp³-hybridized carbons (Fsp3) is 0.905. The number of ether oxygens (including phenoxy) is 1. The first kappa shape index (κ1) is 18.8. The zero-order valence-electron chi connectivity index (χ0n) is 16.1. The maximum atomic E-state index is 13.1. The second-order valence-electron chi connectivity index (χ2n) is 10.1. The molecule has 2 atom stereocenters. The molecule has 4 nitrogen and oxygen atoms in total. The van der Waals surface area contributed by atoms with Crippen LogP contribution in [0.2, 0.25) is 0 Å². The van der Waals surface area contributed by atoms with Crippen LogP contribution in [0, 0.1) is 23.2 Å². The molecule has 1 N–H and O–H groups in total. The third-order valence-electron chi connectivity index (χ3n) is 7.73. The number of nitrogens with one attached hydrogen (secondary N) is 1. The number of carbonyl (C=O) groups is 2. The van der Waals surface area contributed by atoms with E-state index in [1.165, 1.54) is 39.2 Å². The summed E-state index contributed by atoms with van der Waals surface area (Å²) in [6.45, 7) is 2.22. The molecular weight excluding hydrogens is 394 g/mol. The molecule has 1 amide bonds. The molecule has 5 fully saturated rings. The van der Waals surface area contributed by atoms with Gasteiger partial charge in [0, 0.05) is 10.7 Å². The zero-order valence-corrected chi connectivity index (χ0v) is 17.7. The van der Waals surface area contributed by atoms with Gasteiger partial charge in [-0.25, -0.2) is 4.79 Å². The third kappa shape index (κ3) is 3.33. The standard InChI is InChI=1S/C21H32BrNO3/c1-14-3-5-21(6-4-14,18(25)26-2)23-17(24)12-19-8-15-7-16(9-19)11-20(22,10-15)13-19/h14-16H,3-13H2,1-2H3,(H,23,24). The molecule has 0 aromatic heterocycles. The average molecular weight is 426 g/mol. The van der Waals surface area contributed by atoms with E-state index < -0.39 is 5.54 Å². The van der Waals surface area contributed by atoms with Crippen molar-refractivity contribution >= 4 is 27.8 Å². The summed E-state index contributed by atoms with van der Waals surface area (Å²) in [7, 11) is 1.43. The Labute approximate surface area is 165 Å². The molecule has 0 heterocycles. The van der Waals surface area contributed by atoms with Gasteiger partial charge in [0.05, 0.1) is 7.11 Å². The van der Waals surface area contributed by atoms with Gasteiger partial charge in [0.2, 0.25) is 5.91 Å². The van der Waals surface area contributed by atoms with E-state index >= 15 is 0 Å². The Morgan fingerprint density at radius 3 is 2.27 bits per heavy atom. The van der Waals surface area contributed by atoms with Crippen LogP contribution in [0.3, 0.4) is 0 Å². The van der Waals surface area contributed by atoms with Crippen LogP contribution in [0.25, 0.3) is 0 Å². The van der Waals surface area contributed by atoms with Crippen molar-refractivity contribution in [1.82, 2.24) is 5.32 Å². The van der Waals surface area contributed by atoms with E-state index in [0.29, 0.717) is 25.2 Å². The molecule has 0 spiro atoms. The Hall–Kier alpha value is -0.580. The molecule has 0 aromatic carbocycles. The lowest BCUT2D eigenvalue weighted by molar-refractivity contribution is -0.154. The smallest absolute Gasteiger partial charge is 0.331 e. The van der Waals surface area contributed by atoms with Crippen molar-refractivity contribution in [1.29, 1.82) is 0 Å². The van der Waals surface area contributed by atoms with Gasteiger partial charge >= 0.3 is 5.97 Å². The number of hydrogen-bond acceptors (Lipinski definition) is 3. The van der Waals surface area contributed by atoms with Crippen LogP contribution in [-0.4, -0.2) is 28.8 Å². The maximum absolute atomic E-state index is 13.1. The number of carbonyl (C=O) groups excluding carboxylic acids is 2. The Kier molecular flexibility index (Phi) is 4.69. The molecule has 0 saturated heterocycles. The highest BCUT2D eigenvalue weighted by atomic mass is 79.9. The number of hydrogen-bond donors (Lipinski definition) is 1. The monoisotopic (exact) mass is 425 g/mol. The van der Waals surface area contributed by atoms with E-state index in [9.17, 15) is 9.59 Å². The quantitative estimate of drug-likeness (QED) is 0.537. The molecule has 5 aliphatic carbocycles. The van der Waals surface area contributed by atoms with E-state index in [4.69, 9.17) is 4.74 Å². The van der Waals surface area contributed by atoms with Gasteiger partial charge in [-0.05, 0) is 87.4 Å². The highest BCUT2D eigenvalue weighted by Crippen LogP contribution is 2.65. The predicted molar refractivity (Wildman–Crippen MR) is 104 cm³/mol. The largest absolute Gasteiger partial charge is 0.467 e. The third-order valence-corrected chi connectivity index (χ3v) is 8.66. The Balaban J connectivity index is 1.47. The van der Waals surface area contributed by atoms with E-state index in [1.54, 1.807) is 0 Å². The van der Waals surface area contributed by atoms with Crippen LogP contribution in [0.1, 0.15) is 77.6 Å². The van der Waals surface area contributed by atoms with E-state index in [0.717, 1.165) is 31.1 Å². The topological polar surface area (TPSA) is 55.4 Å². The van der Waals surface area contributed by atoms with E-state index in [2.05, 4.69) is 28.2 Å². The summed E-state index contributed by atoms with van der Waals surface area (Å²) in [5, 5.41) is 3.16. The first-order valence-electron chi connectivity index (χ1n) is 10.3. The van der Waals surface area contributed by atoms with Gasteiger partial charge in [0.25, 0.3) is 0 Å². The Morgan fingerprint density at radius 2 is 1.73 bits per heavy atom. The summed E-state index contributed by atoms with van der Waals surface area (Å²) in [4.78, 5) is 25.6. The molecule has 146 valence electrons. The van der Waals surface area contributed by atoms with Gasteiger partial charge in [0.15, 0.2) is 0 Å². The van der Waals surface area contributed by atoms with Crippen LogP contribution >= 0.6 is 15.9 Å². The Bertz CT molecular complexity index is 582. The van der Waals surface area contributed by atoms with Crippen molar-refractivity contribution in [2.24, 2.45) is 23.2 Å². The molecule has 5 heteroatoms. The minimum Gasteiger partial charge on any atom is -0.467 e. The summed E-state index contributed by atoms with van der Waals surface area (Å²) < 4.78 is 5.34. The first-order valence-corrected chi connectivity index (χ1v) is 11.1. The minimum absolute atomic E-state index is 0.0583. The van der Waals surface area contributed by atoms with Crippen molar-refractivity contribution < 1.29 is 14.3 Å². The summed E-state index contributed by atoms with van der Waals surface area (Å²) in [5.74, 6) is 1.95. The van der Waals surface area contributed by atoms with Crippen molar-refractivity contribution in [3.63, 3.8) is 0 Å². The van der Waals surface area contributed by atoms with Crippen LogP contribution < -0.4 is 5.32 Å². The average Bonchev–Trinajstić information content (AvgIpc) is 2.53. The fourth-order valence-corrected chi connectivity index (χ4v) is 8.54. The summed E-state index contributed by atoms with van der Waals surface area (Å²) in [5.41, 5.74) is -0.663. The van der Waals surface area contributed by atoms with Crippen molar-refractivity contribution in [3.05, 3.63) is 0 Å². The molecule has 26 heavy (non-hydrogen) atoms. The van der Waals surface area contributed by atoms with Gasteiger partial charge in [0.1, 0.15) is 5.54 Å². The van der Waals surface area contributed by atoms with Gasteiger partial charge in [-0.1, -0.05) is 22.9 Å². The second-order valence-corrected chi connectivity index (χ2v) is 11.8. The van der Waals surface area contributed by atoms with Gasteiger partial charge in [-0.15, -0.1) is 0 Å².